The van der Waals surface area contributed by atoms with Crippen LogP contribution in [0.2, 0.25) is 0 Å². The van der Waals surface area contributed by atoms with Gasteiger partial charge in [0.05, 0.1) is 84.8 Å². The molecule has 0 aromatic heterocycles. The molecule has 0 radical (unpaired) electrons. The highest BCUT2D eigenvalue weighted by Crippen LogP contribution is 2.33. The molecule has 244 valence electrons. The van der Waals surface area contributed by atoms with Crippen molar-refractivity contribution in [1.29, 1.82) is 0 Å². The predicted octanol–water partition coefficient (Wildman–Crippen LogP) is 1.27. The highest BCUT2D eigenvalue weighted by Gasteiger charge is 2.42. The Labute approximate surface area is 254 Å². The molecule has 2 saturated heterocycles. The van der Waals surface area contributed by atoms with Gasteiger partial charge < -0.3 is 49.1 Å². The zero-order valence-electron chi connectivity index (χ0n) is 25.5. The van der Waals surface area contributed by atoms with Gasteiger partial charge >= 0.3 is 12.0 Å². The molecule has 0 unspecified atom stereocenters. The lowest BCUT2D eigenvalue weighted by atomic mass is 10.0. The summed E-state index contributed by atoms with van der Waals surface area (Å²) in [6.45, 7) is 10.6. The van der Waals surface area contributed by atoms with E-state index in [4.69, 9.17) is 33.2 Å². The summed E-state index contributed by atoms with van der Waals surface area (Å²) >= 11 is 1.90. The summed E-state index contributed by atoms with van der Waals surface area (Å²) in [6.07, 6.45) is 3.33. The van der Waals surface area contributed by atoms with Gasteiger partial charge in [-0.3, -0.25) is 4.79 Å². The van der Waals surface area contributed by atoms with E-state index in [2.05, 4.69) is 16.0 Å². The van der Waals surface area contributed by atoms with Crippen molar-refractivity contribution in [1.82, 2.24) is 16.0 Å². The van der Waals surface area contributed by atoms with Gasteiger partial charge in [-0.25, -0.2) is 9.59 Å². The van der Waals surface area contributed by atoms with Crippen molar-refractivity contribution in [2.45, 2.75) is 69.4 Å². The van der Waals surface area contributed by atoms with Gasteiger partial charge in [0.25, 0.3) is 0 Å². The number of esters is 1. The van der Waals surface area contributed by atoms with E-state index in [9.17, 15) is 14.4 Å². The summed E-state index contributed by atoms with van der Waals surface area (Å²) in [5, 5.41) is 9.26. The van der Waals surface area contributed by atoms with Crippen molar-refractivity contribution in [3.63, 3.8) is 0 Å². The number of amides is 3. The van der Waals surface area contributed by atoms with Gasteiger partial charge in [-0.1, -0.05) is 6.42 Å². The Kier molecular flexibility index (Phi) is 19.1. The number of urea groups is 1. The largest absolute Gasteiger partial charge is 0.458 e. The first kappa shape index (κ1) is 36.5. The highest BCUT2D eigenvalue weighted by atomic mass is 32.2. The van der Waals surface area contributed by atoms with E-state index in [0.717, 1.165) is 25.0 Å². The normalized spacial score (nSPS) is 19.8. The topological polar surface area (TPSA) is 152 Å². The molecule has 0 saturated carbocycles. The molecule has 14 heteroatoms. The first-order chi connectivity index (χ1) is 20.2. The molecule has 13 nitrogen and oxygen atoms in total. The van der Waals surface area contributed by atoms with E-state index in [-0.39, 0.29) is 30.6 Å². The summed E-state index contributed by atoms with van der Waals surface area (Å²) in [7, 11) is 0. The minimum Gasteiger partial charge on any atom is -0.458 e. The van der Waals surface area contributed by atoms with Crippen LogP contribution < -0.4 is 16.0 Å². The third-order valence-corrected chi connectivity index (χ3v) is 7.66. The van der Waals surface area contributed by atoms with E-state index >= 15 is 0 Å². The van der Waals surface area contributed by atoms with Gasteiger partial charge in [-0.05, 0) is 33.6 Å². The number of fused-ring (bicyclic) bond motifs is 1. The van der Waals surface area contributed by atoms with Crippen LogP contribution in [-0.2, 0) is 42.7 Å². The number of carbonyl (C=O) groups is 3. The molecule has 3 amide bonds. The Bertz CT molecular complexity index is 771. The number of ether oxygens (including phenoxy) is 7. The van der Waals surface area contributed by atoms with Crippen molar-refractivity contribution in [2.24, 2.45) is 0 Å². The third kappa shape index (κ3) is 18.1. The molecule has 3 N–H and O–H groups in total. The van der Waals surface area contributed by atoms with Crippen molar-refractivity contribution < 1.29 is 47.5 Å². The molecular weight excluding hydrogens is 570 g/mol. The lowest BCUT2D eigenvalue weighted by Crippen LogP contribution is -2.36. The molecule has 2 aliphatic rings. The van der Waals surface area contributed by atoms with Crippen LogP contribution in [0.5, 0.6) is 0 Å². The zero-order chi connectivity index (χ0) is 30.5. The van der Waals surface area contributed by atoms with Crippen LogP contribution in [0.4, 0.5) is 4.79 Å². The molecule has 3 atom stereocenters. The monoisotopic (exact) mass is 621 g/mol. The first-order valence-corrected chi connectivity index (χ1v) is 15.9. The number of unbranched alkanes of at least 4 members (excludes halogenated alkanes) is 1. The zero-order valence-corrected chi connectivity index (χ0v) is 26.3. The average molecular weight is 622 g/mol. The number of hydrogen-bond donors (Lipinski definition) is 3. The quantitative estimate of drug-likeness (QED) is 0.0768. The second-order valence-electron chi connectivity index (χ2n) is 10.9. The summed E-state index contributed by atoms with van der Waals surface area (Å²) < 4.78 is 37.5. The Balaban J connectivity index is 1.22. The number of nitrogens with one attached hydrogen (secondary N) is 3. The Morgan fingerprint density at radius 3 is 1.93 bits per heavy atom. The number of rotatable bonds is 25. The lowest BCUT2D eigenvalue weighted by molar-refractivity contribution is -0.160. The van der Waals surface area contributed by atoms with Gasteiger partial charge in [0.1, 0.15) is 12.2 Å². The minimum atomic E-state index is -0.514. The molecule has 2 rings (SSSR count). The van der Waals surface area contributed by atoms with Crippen molar-refractivity contribution >= 4 is 29.7 Å². The van der Waals surface area contributed by atoms with E-state index in [1.165, 1.54) is 0 Å². The molecule has 0 aromatic carbocycles. The Morgan fingerprint density at radius 1 is 0.810 bits per heavy atom. The van der Waals surface area contributed by atoms with Crippen LogP contribution in [0.1, 0.15) is 46.5 Å². The summed E-state index contributed by atoms with van der Waals surface area (Å²) in [4.78, 5) is 34.9. The predicted molar refractivity (Wildman–Crippen MR) is 158 cm³/mol. The third-order valence-electron chi connectivity index (χ3n) is 6.15. The fourth-order valence-corrected chi connectivity index (χ4v) is 5.79. The maximum atomic E-state index is 12.0. The molecule has 0 spiro atoms. The van der Waals surface area contributed by atoms with Crippen molar-refractivity contribution in [3.05, 3.63) is 0 Å². The lowest BCUT2D eigenvalue weighted by Gasteiger charge is -2.19. The molecule has 0 bridgehead atoms. The standard InChI is InChI=1S/C28H51N3O10S/c1-28(2,3)41-25(33)20-40-19-18-39-17-16-38-15-14-37-13-12-36-11-10-35-9-8-29-24(32)7-5-4-6-23-26-22(21-42-23)30-27(34)31-26/h22-23,26H,4-21H2,1-3H3,(H,29,32)(H2,30,31,34)/t22-,23-,26-/m0/s1. The van der Waals surface area contributed by atoms with Crippen molar-refractivity contribution in [2.75, 3.05) is 91.6 Å². The molecular formula is C28H51N3O10S. The van der Waals surface area contributed by atoms with E-state index < -0.39 is 11.6 Å². The summed E-state index contributed by atoms with van der Waals surface area (Å²) in [5.41, 5.74) is -0.514. The van der Waals surface area contributed by atoms with Crippen LogP contribution in [0.3, 0.4) is 0 Å². The number of carbonyl (C=O) groups excluding carboxylic acids is 3. The average Bonchev–Trinajstić information content (AvgIpc) is 3.48. The molecule has 0 aromatic rings. The van der Waals surface area contributed by atoms with Gasteiger partial charge in [-0.15, -0.1) is 0 Å². The Hall–Kier alpha value is -1.68. The summed E-state index contributed by atoms with van der Waals surface area (Å²) in [5.74, 6) is 0.609. The van der Waals surface area contributed by atoms with Crippen LogP contribution in [-0.4, -0.2) is 132 Å². The van der Waals surface area contributed by atoms with Crippen molar-refractivity contribution in [3.8, 4) is 0 Å². The summed E-state index contributed by atoms with van der Waals surface area (Å²) in [6, 6.07) is 0.407. The molecule has 2 fully saturated rings. The highest BCUT2D eigenvalue weighted by molar-refractivity contribution is 8.00. The maximum Gasteiger partial charge on any atom is 0.332 e. The van der Waals surface area contributed by atoms with Gasteiger partial charge in [-0.2, -0.15) is 11.8 Å². The van der Waals surface area contributed by atoms with Gasteiger partial charge in [0, 0.05) is 24.0 Å². The van der Waals surface area contributed by atoms with E-state index in [1.807, 2.05) is 32.5 Å². The Morgan fingerprint density at radius 2 is 1.36 bits per heavy atom. The number of hydrogen-bond acceptors (Lipinski definition) is 11. The second kappa shape index (κ2) is 21.9. The minimum absolute atomic E-state index is 0.0398. The number of thioether (sulfide) groups is 1. The molecule has 2 heterocycles. The SMILES string of the molecule is CC(C)(C)OC(=O)COCCOCCOCCOCCOCCOCCNC(=O)CCCC[C@@H]1SC[C@@H]2NC(=O)N[C@@H]21. The maximum absolute atomic E-state index is 12.0. The molecule has 42 heavy (non-hydrogen) atoms. The van der Waals surface area contributed by atoms with Gasteiger partial charge in [0.15, 0.2) is 0 Å². The van der Waals surface area contributed by atoms with Crippen LogP contribution in [0.15, 0.2) is 0 Å². The van der Waals surface area contributed by atoms with Gasteiger partial charge in [0.2, 0.25) is 5.91 Å². The smallest absolute Gasteiger partial charge is 0.332 e. The van der Waals surface area contributed by atoms with Crippen LogP contribution >= 0.6 is 11.8 Å². The first-order valence-electron chi connectivity index (χ1n) is 14.9. The van der Waals surface area contributed by atoms with Crippen LogP contribution in [0, 0.1) is 0 Å². The van der Waals surface area contributed by atoms with E-state index in [0.29, 0.717) is 90.9 Å². The second-order valence-corrected chi connectivity index (χ2v) is 12.2. The fraction of sp³-hybridized carbons (Fsp3) is 0.893. The molecule has 2 aliphatic heterocycles. The van der Waals surface area contributed by atoms with Crippen LogP contribution in [0.25, 0.3) is 0 Å². The van der Waals surface area contributed by atoms with E-state index in [1.54, 1.807) is 0 Å². The fourth-order valence-electron chi connectivity index (χ4n) is 4.25. The molecule has 0 aliphatic carbocycles.